The Kier molecular flexibility index (Phi) is 6.11. The van der Waals surface area contributed by atoms with E-state index in [1.807, 2.05) is 0 Å². The van der Waals surface area contributed by atoms with E-state index in [2.05, 4.69) is 17.9 Å². The first kappa shape index (κ1) is 24.7. The summed E-state index contributed by atoms with van der Waals surface area (Å²) in [6, 6.07) is 11.2. The lowest BCUT2D eigenvalue weighted by atomic mass is 10.0. The van der Waals surface area contributed by atoms with Crippen LogP contribution in [0.3, 0.4) is 0 Å². The van der Waals surface area contributed by atoms with Gasteiger partial charge in [0.1, 0.15) is 11.0 Å². The molecule has 2 aliphatic rings. The van der Waals surface area contributed by atoms with Crippen molar-refractivity contribution in [1.82, 2.24) is 10.2 Å². The van der Waals surface area contributed by atoms with Gasteiger partial charge in [0.2, 0.25) is 18.2 Å². The van der Waals surface area contributed by atoms with E-state index in [9.17, 15) is 22.8 Å². The van der Waals surface area contributed by atoms with Crippen LogP contribution in [-0.2, 0) is 15.8 Å². The van der Waals surface area contributed by atoms with Crippen LogP contribution in [0.4, 0.5) is 18.9 Å². The SMILES string of the molecule is CNC(=O)C1Oc2ccccc2OC1N1C(S)N(c2ccc(C#N)c(C(F)(F)F)c2)C(=O)C1(C)C. The average molecular weight is 507 g/mol. The molecule has 8 nitrogen and oxygen atoms in total. The number of fused-ring (bicyclic) bond motifs is 1. The fourth-order valence-electron chi connectivity index (χ4n) is 4.20. The van der Waals surface area contributed by atoms with Gasteiger partial charge in [-0.05, 0) is 44.2 Å². The van der Waals surface area contributed by atoms with E-state index < -0.39 is 52.5 Å². The summed E-state index contributed by atoms with van der Waals surface area (Å²) in [7, 11) is 1.42. The van der Waals surface area contributed by atoms with Crippen LogP contribution in [-0.4, -0.2) is 47.1 Å². The highest BCUT2D eigenvalue weighted by Gasteiger charge is 2.58. The van der Waals surface area contributed by atoms with Gasteiger partial charge in [-0.3, -0.25) is 14.5 Å². The Morgan fingerprint density at radius 3 is 2.37 bits per heavy atom. The van der Waals surface area contributed by atoms with Crippen LogP contribution in [0.5, 0.6) is 11.5 Å². The number of nitrogens with zero attached hydrogens (tertiary/aromatic N) is 3. The zero-order valence-electron chi connectivity index (χ0n) is 18.8. The molecule has 35 heavy (non-hydrogen) atoms. The van der Waals surface area contributed by atoms with E-state index >= 15 is 0 Å². The van der Waals surface area contributed by atoms with Crippen molar-refractivity contribution in [2.24, 2.45) is 0 Å². The monoisotopic (exact) mass is 506 g/mol. The molecule has 2 aromatic rings. The predicted molar refractivity (Wildman–Crippen MR) is 122 cm³/mol. The molecule has 2 aliphatic heterocycles. The van der Waals surface area contributed by atoms with E-state index in [0.717, 1.165) is 17.0 Å². The molecule has 2 aromatic carbocycles. The van der Waals surface area contributed by atoms with Gasteiger partial charge in [0.25, 0.3) is 5.91 Å². The Bertz CT molecular complexity index is 1230. The van der Waals surface area contributed by atoms with Crippen molar-refractivity contribution >= 4 is 30.1 Å². The molecule has 0 spiro atoms. The van der Waals surface area contributed by atoms with Gasteiger partial charge < -0.3 is 14.8 Å². The van der Waals surface area contributed by atoms with E-state index in [1.54, 1.807) is 38.1 Å². The maximum atomic E-state index is 13.6. The highest BCUT2D eigenvalue weighted by Crippen LogP contribution is 2.44. The van der Waals surface area contributed by atoms with E-state index in [1.165, 1.54) is 24.1 Å². The molecule has 1 saturated heterocycles. The van der Waals surface area contributed by atoms with Gasteiger partial charge in [-0.25, -0.2) is 4.90 Å². The zero-order chi connectivity index (χ0) is 25.7. The number of rotatable bonds is 3. The standard InChI is InChI=1S/C23H21F3N4O4S/c1-22(2)20(32)29(13-9-8-12(11-27)14(10-13)23(24,25)26)21(35)30(22)19-17(18(31)28-3)33-15-6-4-5-7-16(15)34-19/h4-10,17,19,21,35H,1-3H3,(H,28,31). The second kappa shape index (κ2) is 8.66. The fourth-order valence-corrected chi connectivity index (χ4v) is 4.86. The molecule has 1 N–H and O–H groups in total. The van der Waals surface area contributed by atoms with E-state index in [0.29, 0.717) is 11.5 Å². The topological polar surface area (TPSA) is 94.9 Å². The first-order valence-electron chi connectivity index (χ1n) is 10.5. The van der Waals surface area contributed by atoms with Crippen LogP contribution in [0.25, 0.3) is 0 Å². The van der Waals surface area contributed by atoms with Crippen LogP contribution in [0.1, 0.15) is 25.0 Å². The normalized spacial score (nSPS) is 23.7. The van der Waals surface area contributed by atoms with Crippen LogP contribution in [0.2, 0.25) is 0 Å². The van der Waals surface area contributed by atoms with Crippen LogP contribution >= 0.6 is 12.6 Å². The molecule has 0 radical (unpaired) electrons. The second-order valence-corrected chi connectivity index (χ2v) is 8.90. The number of nitrogens with one attached hydrogen (secondary N) is 1. The third kappa shape index (κ3) is 4.04. The Morgan fingerprint density at radius 2 is 1.80 bits per heavy atom. The number of thiol groups is 1. The largest absolute Gasteiger partial charge is 0.471 e. The van der Waals surface area contributed by atoms with Crippen LogP contribution < -0.4 is 19.7 Å². The molecule has 12 heteroatoms. The molecular formula is C23H21F3N4O4S. The molecule has 1 fully saturated rings. The molecule has 0 saturated carbocycles. The van der Waals surface area contributed by atoms with E-state index in [-0.39, 0.29) is 5.69 Å². The van der Waals surface area contributed by atoms with Crippen molar-refractivity contribution in [3.05, 3.63) is 53.6 Å². The molecule has 4 rings (SSSR count). The number of benzene rings is 2. The Labute approximate surface area is 204 Å². The van der Waals surface area contributed by atoms with Gasteiger partial charge >= 0.3 is 6.18 Å². The molecule has 2 amide bonds. The van der Waals surface area contributed by atoms with Gasteiger partial charge in [0, 0.05) is 12.7 Å². The summed E-state index contributed by atoms with van der Waals surface area (Å²) >= 11 is 4.56. The number of alkyl halides is 3. The number of ether oxygens (including phenoxy) is 2. The molecule has 184 valence electrons. The number of carbonyl (C=O) groups excluding carboxylic acids is 2. The third-order valence-electron chi connectivity index (χ3n) is 5.96. The van der Waals surface area contributed by atoms with Crippen LogP contribution in [0.15, 0.2) is 42.5 Å². The highest BCUT2D eigenvalue weighted by molar-refractivity contribution is 7.81. The first-order valence-corrected chi connectivity index (χ1v) is 11.0. The van der Waals surface area contributed by atoms with Crippen molar-refractivity contribution in [2.45, 2.75) is 43.4 Å². The minimum atomic E-state index is -4.81. The average Bonchev–Trinajstić information content (AvgIpc) is 3.00. The number of hydrogen-bond acceptors (Lipinski definition) is 7. The number of anilines is 1. The fraction of sp³-hybridized carbons (Fsp3) is 0.348. The Balaban J connectivity index is 1.79. The van der Waals surface area contributed by atoms with Crippen molar-refractivity contribution < 1.29 is 32.2 Å². The summed E-state index contributed by atoms with van der Waals surface area (Å²) < 4.78 is 52.7. The number of likely N-dealkylation sites (N-methyl/N-ethyl adjacent to an activating group) is 1. The Morgan fingerprint density at radius 1 is 1.17 bits per heavy atom. The minimum Gasteiger partial charge on any atom is -0.471 e. The predicted octanol–water partition coefficient (Wildman–Crippen LogP) is 3.13. The maximum absolute atomic E-state index is 13.6. The van der Waals surface area contributed by atoms with Crippen molar-refractivity contribution in [3.63, 3.8) is 0 Å². The van der Waals surface area contributed by atoms with Crippen molar-refractivity contribution in [3.8, 4) is 17.6 Å². The maximum Gasteiger partial charge on any atom is 0.417 e. The smallest absolute Gasteiger partial charge is 0.417 e. The number of nitriles is 1. The summed E-state index contributed by atoms with van der Waals surface area (Å²) in [4.78, 5) is 28.7. The zero-order valence-corrected chi connectivity index (χ0v) is 19.7. The summed E-state index contributed by atoms with van der Waals surface area (Å²) in [5.74, 6) is -0.439. The Hall–Kier alpha value is -3.43. The molecule has 0 aromatic heterocycles. The van der Waals surface area contributed by atoms with Crippen LogP contribution in [0, 0.1) is 11.3 Å². The minimum absolute atomic E-state index is 0.106. The number of halogens is 3. The summed E-state index contributed by atoms with van der Waals surface area (Å²) in [5.41, 5.74) is -4.33. The molecule has 2 heterocycles. The highest BCUT2D eigenvalue weighted by atomic mass is 32.1. The van der Waals surface area contributed by atoms with Gasteiger partial charge in [-0.2, -0.15) is 18.4 Å². The molecule has 0 bridgehead atoms. The summed E-state index contributed by atoms with van der Waals surface area (Å²) in [6.07, 6.45) is -7.15. The molecular weight excluding hydrogens is 485 g/mol. The lowest BCUT2D eigenvalue weighted by Gasteiger charge is -2.43. The second-order valence-electron chi connectivity index (χ2n) is 8.44. The van der Waals surface area contributed by atoms with Crippen molar-refractivity contribution in [1.29, 1.82) is 5.26 Å². The number of amides is 2. The lowest BCUT2D eigenvalue weighted by molar-refractivity contribution is -0.151. The number of hydrogen-bond donors (Lipinski definition) is 2. The van der Waals surface area contributed by atoms with Gasteiger partial charge in [-0.1, -0.05) is 12.1 Å². The molecule has 3 unspecified atom stereocenters. The first-order chi connectivity index (χ1) is 16.4. The van der Waals surface area contributed by atoms with E-state index in [4.69, 9.17) is 14.7 Å². The third-order valence-corrected chi connectivity index (χ3v) is 6.44. The van der Waals surface area contributed by atoms with Gasteiger partial charge in [0.15, 0.2) is 11.5 Å². The molecule has 3 atom stereocenters. The quantitative estimate of drug-likeness (QED) is 0.622. The molecule has 0 aliphatic carbocycles. The van der Waals surface area contributed by atoms with Gasteiger partial charge in [-0.15, -0.1) is 12.6 Å². The van der Waals surface area contributed by atoms with Gasteiger partial charge in [0.05, 0.1) is 17.2 Å². The number of carbonyl (C=O) groups is 2. The lowest BCUT2D eigenvalue weighted by Crippen LogP contribution is -2.63. The number of para-hydroxylation sites is 2. The summed E-state index contributed by atoms with van der Waals surface area (Å²) in [6.45, 7) is 3.11. The van der Waals surface area contributed by atoms with Crippen molar-refractivity contribution in [2.75, 3.05) is 11.9 Å². The summed E-state index contributed by atoms with van der Waals surface area (Å²) in [5, 5.41) is 11.6.